The van der Waals surface area contributed by atoms with Crippen molar-refractivity contribution in [3.05, 3.63) is 40.4 Å². The summed E-state index contributed by atoms with van der Waals surface area (Å²) in [5, 5.41) is 17.0. The molecule has 0 spiro atoms. The Hall–Kier alpha value is -2.60. The van der Waals surface area contributed by atoms with Crippen LogP contribution in [0.15, 0.2) is 27.8 Å². The van der Waals surface area contributed by atoms with Crippen LogP contribution >= 0.6 is 11.6 Å². The lowest BCUT2D eigenvalue weighted by atomic mass is 10.2. The van der Waals surface area contributed by atoms with Crippen LogP contribution in [-0.4, -0.2) is 76.5 Å². The molecule has 10 nitrogen and oxygen atoms in total. The summed E-state index contributed by atoms with van der Waals surface area (Å²) >= 11 is 5.77. The lowest BCUT2D eigenvalue weighted by molar-refractivity contribution is -0.129. The van der Waals surface area contributed by atoms with Gasteiger partial charge in [0.15, 0.2) is 11.5 Å². The molecule has 1 amide bonds. The van der Waals surface area contributed by atoms with E-state index in [-0.39, 0.29) is 34.7 Å². The standard InChI is InChI=1S/C18H22ClFN6O4/c1-12(27)26(5-4-25-6-8-29-9-7-25)11-16-17(24-30-23-16)18(22-28)21-13-2-3-15(20)14(19)10-13/h2-3,10,28H,4-9,11H2,1H3,(H,21,22). The minimum atomic E-state index is -0.588. The van der Waals surface area contributed by atoms with Crippen LogP contribution in [0.3, 0.4) is 0 Å². The fourth-order valence-corrected chi connectivity index (χ4v) is 3.09. The summed E-state index contributed by atoms with van der Waals surface area (Å²) in [5.74, 6) is -0.807. The van der Waals surface area contributed by atoms with E-state index < -0.39 is 5.82 Å². The highest BCUT2D eigenvalue weighted by Crippen LogP contribution is 2.22. The van der Waals surface area contributed by atoms with Gasteiger partial charge in [-0.1, -0.05) is 16.8 Å². The maximum atomic E-state index is 13.4. The van der Waals surface area contributed by atoms with Crippen molar-refractivity contribution in [1.29, 1.82) is 0 Å². The van der Waals surface area contributed by atoms with Crippen LogP contribution in [-0.2, 0) is 16.1 Å². The Labute approximate surface area is 177 Å². The number of aliphatic imine (C=N–C) groups is 1. The molecule has 1 aliphatic heterocycles. The topological polar surface area (TPSA) is 116 Å². The average molecular weight is 441 g/mol. The quantitative estimate of drug-likeness (QED) is 0.379. The molecule has 30 heavy (non-hydrogen) atoms. The summed E-state index contributed by atoms with van der Waals surface area (Å²) < 4.78 is 23.5. The van der Waals surface area contributed by atoms with E-state index in [9.17, 15) is 14.4 Å². The van der Waals surface area contributed by atoms with Gasteiger partial charge in [-0.05, 0) is 23.4 Å². The van der Waals surface area contributed by atoms with Gasteiger partial charge in [0.1, 0.15) is 11.5 Å². The second-order valence-electron chi connectivity index (χ2n) is 6.62. The lowest BCUT2D eigenvalue weighted by Gasteiger charge is -2.29. The zero-order valence-electron chi connectivity index (χ0n) is 16.3. The largest absolute Gasteiger partial charge is 0.379 e. The van der Waals surface area contributed by atoms with E-state index in [4.69, 9.17) is 21.0 Å². The van der Waals surface area contributed by atoms with E-state index >= 15 is 0 Å². The van der Waals surface area contributed by atoms with E-state index in [2.05, 4.69) is 20.2 Å². The van der Waals surface area contributed by atoms with Gasteiger partial charge in [0.05, 0.1) is 30.5 Å². The third-order valence-electron chi connectivity index (χ3n) is 4.61. The molecule has 2 N–H and O–H groups in total. The Bertz CT molecular complexity index is 903. The number of rotatable bonds is 7. The molecule has 0 unspecified atom stereocenters. The van der Waals surface area contributed by atoms with E-state index in [0.29, 0.717) is 32.0 Å². The van der Waals surface area contributed by atoms with Crippen LogP contribution in [0.25, 0.3) is 0 Å². The van der Waals surface area contributed by atoms with Crippen LogP contribution in [0.1, 0.15) is 18.3 Å². The molecule has 1 aromatic carbocycles. The number of halogens is 2. The van der Waals surface area contributed by atoms with Crippen LogP contribution in [0.2, 0.25) is 5.02 Å². The first-order valence-corrected chi connectivity index (χ1v) is 9.67. The van der Waals surface area contributed by atoms with Crippen molar-refractivity contribution in [2.24, 2.45) is 4.99 Å². The summed E-state index contributed by atoms with van der Waals surface area (Å²) in [5.41, 5.74) is 2.65. The summed E-state index contributed by atoms with van der Waals surface area (Å²) in [6, 6.07) is 3.84. The number of hydroxylamine groups is 1. The van der Waals surface area contributed by atoms with Crippen LogP contribution < -0.4 is 5.48 Å². The Kier molecular flexibility index (Phi) is 7.69. The Morgan fingerprint density at radius 2 is 2.17 bits per heavy atom. The maximum absolute atomic E-state index is 13.4. The molecule has 1 saturated heterocycles. The lowest BCUT2D eigenvalue weighted by Crippen LogP contribution is -2.42. The number of amides is 1. The van der Waals surface area contributed by atoms with E-state index in [1.54, 1.807) is 4.90 Å². The number of carbonyl (C=O) groups excluding carboxylic acids is 1. The molecule has 0 bridgehead atoms. The SMILES string of the molecule is CC(=O)N(CCN1CCOCC1)Cc1nonc1C(=Nc1ccc(F)c(Cl)c1)NO. The normalized spacial score (nSPS) is 15.3. The number of morpholine rings is 1. The summed E-state index contributed by atoms with van der Waals surface area (Å²) in [6.45, 7) is 5.72. The van der Waals surface area contributed by atoms with Crippen LogP contribution in [0.4, 0.5) is 10.1 Å². The molecule has 0 radical (unpaired) electrons. The van der Waals surface area contributed by atoms with Crippen molar-refractivity contribution in [3.63, 3.8) is 0 Å². The first kappa shape index (κ1) is 22.1. The molecule has 0 aliphatic carbocycles. The minimum absolute atomic E-state index is 0.0781. The molecule has 0 atom stereocenters. The highest BCUT2D eigenvalue weighted by molar-refractivity contribution is 6.31. The van der Waals surface area contributed by atoms with Gasteiger partial charge in [-0.25, -0.2) is 14.0 Å². The second-order valence-corrected chi connectivity index (χ2v) is 7.03. The predicted octanol–water partition coefficient (Wildman–Crippen LogP) is 1.60. The van der Waals surface area contributed by atoms with Gasteiger partial charge < -0.3 is 9.64 Å². The zero-order chi connectivity index (χ0) is 21.5. The number of nitrogens with zero attached hydrogens (tertiary/aromatic N) is 5. The molecule has 1 aromatic heterocycles. The van der Waals surface area contributed by atoms with Gasteiger partial charge in [-0.15, -0.1) is 0 Å². The van der Waals surface area contributed by atoms with Gasteiger partial charge in [0.2, 0.25) is 5.91 Å². The summed E-state index contributed by atoms with van der Waals surface area (Å²) in [6.07, 6.45) is 0. The fourth-order valence-electron chi connectivity index (χ4n) is 2.92. The van der Waals surface area contributed by atoms with Crippen LogP contribution in [0.5, 0.6) is 0 Å². The predicted molar refractivity (Wildman–Crippen MR) is 105 cm³/mol. The highest BCUT2D eigenvalue weighted by Gasteiger charge is 2.21. The molecule has 1 fully saturated rings. The molecule has 0 saturated carbocycles. The molecule has 162 valence electrons. The Balaban J connectivity index is 1.74. The van der Waals surface area contributed by atoms with Crippen molar-refractivity contribution in [2.45, 2.75) is 13.5 Å². The zero-order valence-corrected chi connectivity index (χ0v) is 17.1. The number of aromatic nitrogens is 2. The monoisotopic (exact) mass is 440 g/mol. The average Bonchev–Trinajstić information content (AvgIpc) is 3.20. The van der Waals surface area contributed by atoms with Gasteiger partial charge in [-0.3, -0.25) is 20.4 Å². The Morgan fingerprint density at radius 3 is 2.83 bits per heavy atom. The van der Waals surface area contributed by atoms with E-state index in [0.717, 1.165) is 19.2 Å². The Morgan fingerprint density at radius 1 is 1.40 bits per heavy atom. The number of hydrogen-bond donors (Lipinski definition) is 2. The number of ether oxygens (including phenoxy) is 1. The number of benzene rings is 1. The van der Waals surface area contributed by atoms with Gasteiger partial charge in [0, 0.05) is 33.1 Å². The minimum Gasteiger partial charge on any atom is -0.379 e. The molecular weight excluding hydrogens is 419 g/mol. The number of nitrogens with one attached hydrogen (secondary N) is 1. The van der Waals surface area contributed by atoms with Gasteiger partial charge in [0.25, 0.3) is 0 Å². The number of amidine groups is 1. The van der Waals surface area contributed by atoms with Gasteiger partial charge >= 0.3 is 0 Å². The third kappa shape index (κ3) is 5.72. The first-order valence-electron chi connectivity index (χ1n) is 9.29. The maximum Gasteiger partial charge on any atom is 0.219 e. The highest BCUT2D eigenvalue weighted by atomic mass is 35.5. The second kappa shape index (κ2) is 10.4. The summed E-state index contributed by atoms with van der Waals surface area (Å²) in [4.78, 5) is 20.1. The van der Waals surface area contributed by atoms with Crippen LogP contribution in [0, 0.1) is 5.82 Å². The molecule has 1 aliphatic rings. The molecule has 2 aromatic rings. The smallest absolute Gasteiger partial charge is 0.219 e. The molecule has 2 heterocycles. The first-order chi connectivity index (χ1) is 14.5. The van der Waals surface area contributed by atoms with E-state index in [1.165, 1.54) is 19.1 Å². The van der Waals surface area contributed by atoms with E-state index in [1.807, 2.05) is 5.48 Å². The fraction of sp³-hybridized carbons (Fsp3) is 0.444. The molecule has 3 rings (SSSR count). The van der Waals surface area contributed by atoms with Crippen molar-refractivity contribution < 1.29 is 23.8 Å². The number of carbonyl (C=O) groups is 1. The van der Waals surface area contributed by atoms with Crippen molar-refractivity contribution >= 4 is 29.0 Å². The van der Waals surface area contributed by atoms with Crippen molar-refractivity contribution in [3.8, 4) is 0 Å². The third-order valence-corrected chi connectivity index (χ3v) is 4.90. The van der Waals surface area contributed by atoms with Crippen molar-refractivity contribution in [2.75, 3.05) is 39.4 Å². The summed E-state index contributed by atoms with van der Waals surface area (Å²) in [7, 11) is 0. The number of hydrogen-bond acceptors (Lipinski definition) is 8. The van der Waals surface area contributed by atoms with Crippen molar-refractivity contribution in [1.82, 2.24) is 25.6 Å². The molecule has 12 heteroatoms. The molecular formula is C18H22ClFN6O4. The van der Waals surface area contributed by atoms with Gasteiger partial charge in [-0.2, -0.15) is 0 Å².